The van der Waals surface area contributed by atoms with Crippen molar-refractivity contribution in [3.8, 4) is 0 Å². The van der Waals surface area contributed by atoms with Crippen LogP contribution in [0.3, 0.4) is 0 Å². The van der Waals surface area contributed by atoms with Gasteiger partial charge < -0.3 is 9.40 Å². The molecule has 9 heteroatoms. The molecule has 0 amide bonds. The number of hydrogen-bond acceptors (Lipinski definition) is 5. The van der Waals surface area contributed by atoms with Crippen LogP contribution in [0.15, 0.2) is 64.2 Å². The van der Waals surface area contributed by atoms with Gasteiger partial charge in [0.2, 0.25) is 16.2 Å². The highest BCUT2D eigenvalue weighted by molar-refractivity contribution is 7.92. The third-order valence-electron chi connectivity index (χ3n) is 5.48. The van der Waals surface area contributed by atoms with Gasteiger partial charge in [0.25, 0.3) is 10.9 Å². The van der Waals surface area contributed by atoms with Gasteiger partial charge in [-0.3, -0.25) is 0 Å². The van der Waals surface area contributed by atoms with E-state index in [1.807, 2.05) is 6.07 Å². The summed E-state index contributed by atoms with van der Waals surface area (Å²) in [5, 5.41) is 5.72. The summed E-state index contributed by atoms with van der Waals surface area (Å²) < 4.78 is 48.5. The maximum Gasteiger partial charge on any atom is 0.294 e. The van der Waals surface area contributed by atoms with Crippen molar-refractivity contribution in [2.24, 2.45) is 5.92 Å². The van der Waals surface area contributed by atoms with Gasteiger partial charge in [0.15, 0.2) is 0 Å². The zero-order chi connectivity index (χ0) is 20.2. The van der Waals surface area contributed by atoms with E-state index in [9.17, 15) is 8.42 Å². The van der Waals surface area contributed by atoms with E-state index in [4.69, 9.17) is 16.0 Å². The summed E-state index contributed by atoms with van der Waals surface area (Å²) in [4.78, 5) is 3.12. The van der Waals surface area contributed by atoms with Crippen LogP contribution in [0.25, 0.3) is 10.9 Å². The average molecular weight is 432 g/mol. The molecule has 0 spiro atoms. The third-order valence-corrected chi connectivity index (χ3v) is 7.90. The molecule has 2 heterocycles. The van der Waals surface area contributed by atoms with E-state index in [0.717, 1.165) is 28.6 Å². The van der Waals surface area contributed by atoms with Gasteiger partial charge in [-0.15, -0.1) is 10.2 Å². The first-order valence-corrected chi connectivity index (χ1v) is 10.8. The monoisotopic (exact) mass is 431 g/mol. The lowest BCUT2D eigenvalue weighted by Crippen LogP contribution is -2.40. The predicted molar refractivity (Wildman–Crippen MR) is 105 cm³/mol. The Hall–Kier alpha value is -2.71. The number of alkyl halides is 1. The normalized spacial score (nSPS) is 18.6. The summed E-state index contributed by atoms with van der Waals surface area (Å²) in [6.45, 7) is 0. The van der Waals surface area contributed by atoms with Gasteiger partial charge in [-0.2, -0.15) is 0 Å². The van der Waals surface area contributed by atoms with Gasteiger partial charge >= 0.3 is 0 Å². The first-order valence-electron chi connectivity index (χ1n) is 8.95. The van der Waals surface area contributed by atoms with Gasteiger partial charge in [-0.05, 0) is 48.7 Å². The van der Waals surface area contributed by atoms with E-state index in [-0.39, 0.29) is 17.7 Å². The number of rotatable bonds is 4. The number of nitrogens with one attached hydrogen (secondary N) is 1. The van der Waals surface area contributed by atoms with Crippen LogP contribution < -0.4 is 0 Å². The standard InChI is InChI=1S/C20H15ClFN3O3S/c21-13-6-7-17-16(10-13)15-8-12(9-18(15)24-17)20(22,19-25-23-11-28-19)29(26,27)14-4-2-1-3-5-14/h1-7,10-12,24H,8-9H2. The lowest BCUT2D eigenvalue weighted by Gasteiger charge is -2.27. The molecule has 2 atom stereocenters. The van der Waals surface area contributed by atoms with Crippen LogP contribution in [-0.2, 0) is 27.7 Å². The summed E-state index contributed by atoms with van der Waals surface area (Å²) >= 11 is 6.12. The first-order chi connectivity index (χ1) is 13.9. The van der Waals surface area contributed by atoms with Crippen molar-refractivity contribution < 1.29 is 17.2 Å². The summed E-state index contributed by atoms with van der Waals surface area (Å²) in [6, 6.07) is 12.9. The van der Waals surface area contributed by atoms with Crippen LogP contribution in [0.4, 0.5) is 4.39 Å². The van der Waals surface area contributed by atoms with Crippen molar-refractivity contribution in [2.45, 2.75) is 22.7 Å². The minimum Gasteiger partial charge on any atom is -0.424 e. The highest BCUT2D eigenvalue weighted by Gasteiger charge is 2.58. The number of halogens is 2. The van der Waals surface area contributed by atoms with Crippen LogP contribution in [0.1, 0.15) is 17.1 Å². The molecule has 0 saturated heterocycles. The van der Waals surface area contributed by atoms with Gasteiger partial charge in [0.1, 0.15) is 0 Å². The van der Waals surface area contributed by atoms with Crippen molar-refractivity contribution in [1.82, 2.24) is 15.2 Å². The molecule has 0 aliphatic heterocycles. The number of aromatic amines is 1. The zero-order valence-corrected chi connectivity index (χ0v) is 16.5. The molecule has 6 nitrogen and oxygen atoms in total. The Bertz CT molecular complexity index is 1310. The molecule has 2 aromatic heterocycles. The molecule has 1 aliphatic rings. The second-order valence-electron chi connectivity index (χ2n) is 7.08. The Morgan fingerprint density at radius 3 is 2.69 bits per heavy atom. The van der Waals surface area contributed by atoms with Crippen molar-refractivity contribution in [2.75, 3.05) is 0 Å². The molecule has 29 heavy (non-hydrogen) atoms. The van der Waals surface area contributed by atoms with Crippen LogP contribution in [-0.4, -0.2) is 23.6 Å². The number of nitrogens with zero attached hydrogens (tertiary/aromatic N) is 2. The van der Waals surface area contributed by atoms with Crippen LogP contribution in [0.2, 0.25) is 5.02 Å². The smallest absolute Gasteiger partial charge is 0.294 e. The van der Waals surface area contributed by atoms with E-state index >= 15 is 4.39 Å². The van der Waals surface area contributed by atoms with Gasteiger partial charge in [0.05, 0.1) is 4.90 Å². The highest BCUT2D eigenvalue weighted by Crippen LogP contribution is 2.49. The largest absolute Gasteiger partial charge is 0.424 e. The highest BCUT2D eigenvalue weighted by atomic mass is 35.5. The van der Waals surface area contributed by atoms with Gasteiger partial charge in [-0.25, -0.2) is 12.8 Å². The van der Waals surface area contributed by atoms with E-state index in [2.05, 4.69) is 15.2 Å². The number of benzene rings is 2. The minimum atomic E-state index is -4.47. The van der Waals surface area contributed by atoms with Gasteiger partial charge in [0, 0.05) is 27.5 Å². The molecule has 2 unspecified atom stereocenters. The topological polar surface area (TPSA) is 88.8 Å². The van der Waals surface area contributed by atoms with Crippen molar-refractivity contribution in [3.63, 3.8) is 0 Å². The van der Waals surface area contributed by atoms with Crippen molar-refractivity contribution >= 4 is 32.3 Å². The lowest BCUT2D eigenvalue weighted by atomic mass is 9.98. The maximum atomic E-state index is 16.6. The zero-order valence-electron chi connectivity index (χ0n) is 15.0. The number of sulfone groups is 1. The number of hydrogen-bond donors (Lipinski definition) is 1. The number of fused-ring (bicyclic) bond motifs is 3. The summed E-state index contributed by atoms with van der Waals surface area (Å²) in [5.41, 5.74) is 2.53. The molecular weight excluding hydrogens is 417 g/mol. The SMILES string of the molecule is O=S(=O)(c1ccccc1)C(F)(c1nnco1)C1Cc2[nH]c3ccc(Cl)cc3c2C1. The average Bonchev–Trinajstić information content (AvgIpc) is 3.45. The molecule has 2 aromatic carbocycles. The van der Waals surface area contributed by atoms with E-state index in [1.54, 1.807) is 30.3 Å². The molecule has 4 aromatic rings. The second-order valence-corrected chi connectivity index (χ2v) is 9.59. The molecular formula is C20H15ClFN3O3S. The maximum absolute atomic E-state index is 16.6. The fourth-order valence-corrected chi connectivity index (χ4v) is 6.07. The van der Waals surface area contributed by atoms with Crippen LogP contribution in [0, 0.1) is 5.92 Å². The number of aromatic nitrogens is 3. The Morgan fingerprint density at radius 2 is 1.97 bits per heavy atom. The van der Waals surface area contributed by atoms with Crippen LogP contribution >= 0.6 is 11.6 Å². The lowest BCUT2D eigenvalue weighted by molar-refractivity contribution is 0.139. The molecule has 5 rings (SSSR count). The molecule has 148 valence electrons. The molecule has 0 radical (unpaired) electrons. The van der Waals surface area contributed by atoms with Gasteiger partial charge in [-0.1, -0.05) is 29.8 Å². The van der Waals surface area contributed by atoms with Crippen molar-refractivity contribution in [3.05, 3.63) is 77.1 Å². The first kappa shape index (κ1) is 18.3. The summed E-state index contributed by atoms with van der Waals surface area (Å²) in [6.07, 6.45) is 1.32. The molecule has 1 aliphatic carbocycles. The second kappa shape index (κ2) is 6.40. The van der Waals surface area contributed by atoms with E-state index < -0.39 is 26.6 Å². The minimum absolute atomic E-state index is 0.135. The Labute approximate surface area is 170 Å². The quantitative estimate of drug-likeness (QED) is 0.522. The van der Waals surface area contributed by atoms with E-state index in [1.165, 1.54) is 12.1 Å². The molecule has 0 fully saturated rings. The van der Waals surface area contributed by atoms with E-state index in [0.29, 0.717) is 5.02 Å². The predicted octanol–water partition coefficient (Wildman–Crippen LogP) is 4.22. The van der Waals surface area contributed by atoms with Crippen LogP contribution in [0.5, 0.6) is 0 Å². The fourth-order valence-electron chi connectivity index (χ4n) is 4.11. The Kier molecular flexibility index (Phi) is 4.04. The Morgan fingerprint density at radius 1 is 1.17 bits per heavy atom. The summed E-state index contributed by atoms with van der Waals surface area (Å²) in [7, 11) is -4.47. The molecule has 0 bridgehead atoms. The number of H-pyrrole nitrogens is 1. The fraction of sp³-hybridized carbons (Fsp3) is 0.200. The summed E-state index contributed by atoms with van der Waals surface area (Å²) in [5.74, 6) is -1.49. The Balaban J connectivity index is 1.64. The molecule has 1 N–H and O–H groups in total. The van der Waals surface area contributed by atoms with Crippen molar-refractivity contribution in [1.29, 1.82) is 0 Å². The third kappa shape index (κ3) is 2.63. The molecule has 0 saturated carbocycles.